The molecule has 0 radical (unpaired) electrons. The van der Waals surface area contributed by atoms with Crippen LogP contribution in [0.15, 0.2) is 0 Å². The molecule has 0 N–H and O–H groups in total. The maximum Gasteiger partial charge on any atom is 0.187 e. The van der Waals surface area contributed by atoms with Crippen LogP contribution in [0.4, 0.5) is 5.13 Å². The highest BCUT2D eigenvalue weighted by Crippen LogP contribution is 2.29. The lowest BCUT2D eigenvalue weighted by Gasteiger charge is -2.17. The van der Waals surface area contributed by atoms with Gasteiger partial charge in [0.1, 0.15) is 4.88 Å². The number of halogens is 1. The molecule has 8 heteroatoms. The van der Waals surface area contributed by atoms with E-state index in [9.17, 15) is 13.2 Å². The lowest BCUT2D eigenvalue weighted by Crippen LogP contribution is -2.26. The van der Waals surface area contributed by atoms with E-state index in [1.807, 2.05) is 4.90 Å². The first-order chi connectivity index (χ1) is 8.02. The van der Waals surface area contributed by atoms with Crippen molar-refractivity contribution in [3.63, 3.8) is 0 Å². The lowest BCUT2D eigenvalue weighted by atomic mass is 10.4. The molecule has 0 unspecified atom stereocenters. The fourth-order valence-corrected chi connectivity index (χ4v) is 4.03. The van der Waals surface area contributed by atoms with E-state index < -0.39 is 9.84 Å². The Morgan fingerprint density at radius 3 is 2.76 bits per heavy atom. The van der Waals surface area contributed by atoms with E-state index in [-0.39, 0.29) is 16.7 Å². The number of aromatic nitrogens is 1. The van der Waals surface area contributed by atoms with E-state index in [4.69, 9.17) is 11.6 Å². The average molecular weight is 295 g/mol. The van der Waals surface area contributed by atoms with Gasteiger partial charge in [0.25, 0.3) is 0 Å². The molecule has 0 spiro atoms. The van der Waals surface area contributed by atoms with Gasteiger partial charge in [-0.15, -0.1) is 0 Å². The van der Waals surface area contributed by atoms with E-state index in [2.05, 4.69) is 4.98 Å². The smallest absolute Gasteiger partial charge is 0.187 e. The molecule has 0 aliphatic carbocycles. The van der Waals surface area contributed by atoms with Crippen molar-refractivity contribution in [3.05, 3.63) is 10.0 Å². The summed E-state index contributed by atoms with van der Waals surface area (Å²) >= 11 is 6.98. The van der Waals surface area contributed by atoms with Crippen LogP contribution in [0.5, 0.6) is 0 Å². The Morgan fingerprint density at radius 1 is 1.35 bits per heavy atom. The molecular formula is C9H11ClN2O3S2. The molecule has 1 aromatic heterocycles. The first-order valence-corrected chi connectivity index (χ1v) is 8.10. The van der Waals surface area contributed by atoms with E-state index in [1.54, 1.807) is 0 Å². The zero-order valence-corrected chi connectivity index (χ0v) is 11.3. The highest BCUT2D eigenvalue weighted by Gasteiger charge is 2.22. The molecule has 17 heavy (non-hydrogen) atoms. The Hall–Kier alpha value is -0.660. The molecule has 0 bridgehead atoms. The van der Waals surface area contributed by atoms with Crippen LogP contribution < -0.4 is 4.90 Å². The summed E-state index contributed by atoms with van der Waals surface area (Å²) in [7, 11) is -2.94. The molecule has 1 fully saturated rings. The van der Waals surface area contributed by atoms with E-state index in [0.717, 1.165) is 0 Å². The number of thiazole rings is 1. The number of anilines is 1. The van der Waals surface area contributed by atoms with Crippen molar-refractivity contribution in [1.82, 2.24) is 4.98 Å². The predicted octanol–water partition coefficient (Wildman–Crippen LogP) is 1.23. The van der Waals surface area contributed by atoms with Crippen LogP contribution in [0.1, 0.15) is 16.1 Å². The van der Waals surface area contributed by atoms with E-state index >= 15 is 0 Å². The molecule has 2 heterocycles. The first kappa shape index (κ1) is 12.8. The Balaban J connectivity index is 2.19. The van der Waals surface area contributed by atoms with Gasteiger partial charge in [-0.3, -0.25) is 4.79 Å². The molecule has 2 rings (SSSR count). The molecule has 1 aliphatic heterocycles. The quantitative estimate of drug-likeness (QED) is 0.768. The average Bonchev–Trinajstić information content (AvgIpc) is 2.54. The van der Waals surface area contributed by atoms with E-state index in [1.165, 1.54) is 11.3 Å². The minimum atomic E-state index is -2.94. The van der Waals surface area contributed by atoms with Gasteiger partial charge in [-0.05, 0) is 6.42 Å². The Kier molecular flexibility index (Phi) is 3.70. The fraction of sp³-hybridized carbons (Fsp3) is 0.556. The van der Waals surface area contributed by atoms with Gasteiger partial charge >= 0.3 is 0 Å². The standard InChI is InChI=1S/C9H11ClN2O3S2/c10-8-7(6-13)16-9(11-8)12-2-1-4-17(14,15)5-3-12/h6H,1-5H2. The van der Waals surface area contributed by atoms with Gasteiger partial charge in [-0.1, -0.05) is 22.9 Å². The van der Waals surface area contributed by atoms with Crippen molar-refractivity contribution in [3.8, 4) is 0 Å². The van der Waals surface area contributed by atoms with Gasteiger partial charge in [0, 0.05) is 13.1 Å². The monoisotopic (exact) mass is 294 g/mol. The highest BCUT2D eigenvalue weighted by atomic mass is 35.5. The summed E-state index contributed by atoms with van der Waals surface area (Å²) in [4.78, 5) is 17.0. The normalized spacial score (nSPS) is 19.9. The van der Waals surface area contributed by atoms with Crippen LogP contribution in [-0.4, -0.2) is 44.3 Å². The second-order valence-corrected chi connectivity index (χ2v) is 7.43. The van der Waals surface area contributed by atoms with Crippen LogP contribution in [0, 0.1) is 0 Å². The number of hydrogen-bond donors (Lipinski definition) is 0. The number of carbonyl (C=O) groups is 1. The maximum absolute atomic E-state index is 11.4. The predicted molar refractivity (Wildman–Crippen MR) is 68.0 cm³/mol. The van der Waals surface area contributed by atoms with Crippen molar-refractivity contribution >= 4 is 44.2 Å². The summed E-state index contributed by atoms with van der Waals surface area (Å²) in [6.45, 7) is 1.03. The van der Waals surface area contributed by atoms with Gasteiger partial charge in [-0.25, -0.2) is 13.4 Å². The number of aldehydes is 1. The summed E-state index contributed by atoms with van der Waals surface area (Å²) < 4.78 is 22.9. The minimum absolute atomic E-state index is 0.126. The third-order valence-corrected chi connectivity index (χ3v) is 5.69. The largest absolute Gasteiger partial charge is 0.347 e. The third-order valence-electron chi connectivity index (χ3n) is 2.53. The van der Waals surface area contributed by atoms with Gasteiger partial charge in [0.05, 0.1) is 11.5 Å². The van der Waals surface area contributed by atoms with Crippen molar-refractivity contribution in [2.24, 2.45) is 0 Å². The third kappa shape index (κ3) is 2.97. The molecule has 0 saturated carbocycles. The van der Waals surface area contributed by atoms with Crippen molar-refractivity contribution in [1.29, 1.82) is 0 Å². The van der Waals surface area contributed by atoms with Crippen LogP contribution >= 0.6 is 22.9 Å². The maximum atomic E-state index is 11.4. The van der Waals surface area contributed by atoms with Crippen LogP contribution in [-0.2, 0) is 9.84 Å². The second-order valence-electron chi connectivity index (χ2n) is 3.76. The topological polar surface area (TPSA) is 67.3 Å². The number of rotatable bonds is 2. The lowest BCUT2D eigenvalue weighted by molar-refractivity contribution is 0.112. The van der Waals surface area contributed by atoms with Crippen LogP contribution in [0.3, 0.4) is 0 Å². The van der Waals surface area contributed by atoms with Crippen molar-refractivity contribution < 1.29 is 13.2 Å². The summed E-state index contributed by atoms with van der Waals surface area (Å²) in [5.41, 5.74) is 0. The summed E-state index contributed by atoms with van der Waals surface area (Å²) in [5.74, 6) is 0.337. The zero-order valence-electron chi connectivity index (χ0n) is 8.93. The molecule has 1 aromatic rings. The first-order valence-electron chi connectivity index (χ1n) is 5.09. The molecule has 5 nitrogen and oxygen atoms in total. The summed E-state index contributed by atoms with van der Waals surface area (Å²) in [6.07, 6.45) is 1.24. The molecule has 0 aromatic carbocycles. The van der Waals surface area contributed by atoms with Crippen LogP contribution in [0.25, 0.3) is 0 Å². The van der Waals surface area contributed by atoms with Crippen LogP contribution in [0.2, 0.25) is 5.15 Å². The molecule has 94 valence electrons. The van der Waals surface area contributed by atoms with E-state index in [0.29, 0.717) is 35.8 Å². The SMILES string of the molecule is O=Cc1sc(N2CCCS(=O)(=O)CC2)nc1Cl. The highest BCUT2D eigenvalue weighted by molar-refractivity contribution is 7.91. The van der Waals surface area contributed by atoms with Gasteiger partial charge in [0.2, 0.25) is 0 Å². The van der Waals surface area contributed by atoms with Crippen molar-refractivity contribution in [2.45, 2.75) is 6.42 Å². The molecule has 1 aliphatic rings. The van der Waals surface area contributed by atoms with Gasteiger partial charge < -0.3 is 4.90 Å². The summed E-state index contributed by atoms with van der Waals surface area (Å²) in [5, 5.41) is 0.807. The minimum Gasteiger partial charge on any atom is -0.347 e. The Morgan fingerprint density at radius 2 is 2.12 bits per heavy atom. The number of carbonyl (C=O) groups excluding carboxylic acids is 1. The Labute approximate surface area is 108 Å². The second kappa shape index (κ2) is 4.91. The molecule has 0 atom stereocenters. The summed E-state index contributed by atoms with van der Waals surface area (Å²) in [6, 6.07) is 0. The molecule has 0 amide bonds. The van der Waals surface area contributed by atoms with Gasteiger partial charge in [0.15, 0.2) is 26.4 Å². The number of hydrogen-bond acceptors (Lipinski definition) is 6. The molecular weight excluding hydrogens is 284 g/mol. The number of nitrogens with zero attached hydrogens (tertiary/aromatic N) is 2. The zero-order chi connectivity index (χ0) is 12.5. The number of sulfone groups is 1. The Bertz CT molecular complexity index is 526. The van der Waals surface area contributed by atoms with Gasteiger partial charge in [-0.2, -0.15) is 0 Å². The fourth-order valence-electron chi connectivity index (χ4n) is 1.64. The van der Waals surface area contributed by atoms with Crippen molar-refractivity contribution in [2.75, 3.05) is 29.5 Å². The molecule has 1 saturated heterocycles.